The Morgan fingerprint density at radius 3 is 2.53 bits per heavy atom. The molecule has 2 fully saturated rings. The summed E-state index contributed by atoms with van der Waals surface area (Å²) in [5.74, 6) is -0.917. The lowest BCUT2D eigenvalue weighted by molar-refractivity contribution is -0.127. The maximum atomic E-state index is 13.6. The van der Waals surface area contributed by atoms with Crippen LogP contribution in [-0.4, -0.2) is 39.8 Å². The van der Waals surface area contributed by atoms with E-state index in [1.54, 1.807) is 0 Å². The van der Waals surface area contributed by atoms with E-state index in [4.69, 9.17) is 4.52 Å². The van der Waals surface area contributed by atoms with Crippen LogP contribution in [0.15, 0.2) is 72.8 Å². The number of fused-ring (bicyclic) bond motifs is 2. The fourth-order valence-corrected chi connectivity index (χ4v) is 6.10. The van der Waals surface area contributed by atoms with Crippen molar-refractivity contribution in [2.75, 3.05) is 13.2 Å². The SMILES string of the molecule is O=C(NCc1ccccc1)[C@@H]1[C@H](COP(=O)(O)O)[C@H]2CCCN2[C@@H]1c1ccc2ccccc2c1. The van der Waals surface area contributed by atoms with Gasteiger partial charge >= 0.3 is 7.82 Å². The quantitative estimate of drug-likeness (QED) is 0.442. The molecule has 178 valence electrons. The number of carbonyl (C=O) groups excluding carboxylic acids is 1. The van der Waals surface area contributed by atoms with Crippen molar-refractivity contribution in [3.63, 3.8) is 0 Å². The van der Waals surface area contributed by atoms with Crippen molar-refractivity contribution in [3.05, 3.63) is 83.9 Å². The Morgan fingerprint density at radius 1 is 1.03 bits per heavy atom. The normalized spacial score (nSPS) is 24.9. The predicted octanol–water partition coefficient (Wildman–Crippen LogP) is 4.02. The van der Waals surface area contributed by atoms with Gasteiger partial charge in [-0.1, -0.05) is 66.7 Å². The highest BCUT2D eigenvalue weighted by molar-refractivity contribution is 7.46. The summed E-state index contributed by atoms with van der Waals surface area (Å²) in [5, 5.41) is 5.32. The summed E-state index contributed by atoms with van der Waals surface area (Å²) in [6.07, 6.45) is 1.86. The summed E-state index contributed by atoms with van der Waals surface area (Å²) in [6.45, 7) is 1.09. The average Bonchev–Trinajstić information content (AvgIpc) is 3.42. The smallest absolute Gasteiger partial charge is 0.352 e. The van der Waals surface area contributed by atoms with Crippen LogP contribution in [0.4, 0.5) is 0 Å². The third-order valence-corrected chi connectivity index (χ3v) is 7.64. The predicted molar refractivity (Wildman–Crippen MR) is 130 cm³/mol. The van der Waals surface area contributed by atoms with Gasteiger partial charge in [-0.15, -0.1) is 0 Å². The van der Waals surface area contributed by atoms with Gasteiger partial charge in [-0.05, 0) is 47.4 Å². The molecule has 5 rings (SSSR count). The van der Waals surface area contributed by atoms with Crippen LogP contribution < -0.4 is 5.32 Å². The van der Waals surface area contributed by atoms with Crippen LogP contribution >= 0.6 is 7.82 Å². The largest absolute Gasteiger partial charge is 0.469 e. The van der Waals surface area contributed by atoms with E-state index in [2.05, 4.69) is 40.5 Å². The average molecular weight is 481 g/mol. The number of nitrogens with one attached hydrogen (secondary N) is 1. The summed E-state index contributed by atoms with van der Waals surface area (Å²) in [5.41, 5.74) is 2.05. The molecule has 2 saturated heterocycles. The topological polar surface area (TPSA) is 99.1 Å². The van der Waals surface area contributed by atoms with Crippen molar-refractivity contribution >= 4 is 24.5 Å². The minimum atomic E-state index is -4.65. The Kier molecular flexibility index (Phi) is 6.56. The van der Waals surface area contributed by atoms with E-state index in [1.807, 2.05) is 42.5 Å². The Balaban J connectivity index is 1.49. The molecule has 8 heteroatoms. The highest BCUT2D eigenvalue weighted by Crippen LogP contribution is 2.51. The second-order valence-corrected chi connectivity index (χ2v) is 10.4. The van der Waals surface area contributed by atoms with Crippen LogP contribution in [0, 0.1) is 11.8 Å². The van der Waals surface area contributed by atoms with Crippen molar-refractivity contribution in [3.8, 4) is 0 Å². The number of benzene rings is 3. The lowest BCUT2D eigenvalue weighted by Crippen LogP contribution is -2.38. The van der Waals surface area contributed by atoms with Gasteiger partial charge in [0.2, 0.25) is 5.91 Å². The Hall–Kier alpha value is -2.54. The molecule has 2 heterocycles. The molecule has 0 radical (unpaired) electrons. The lowest BCUT2D eigenvalue weighted by atomic mass is 9.82. The highest BCUT2D eigenvalue weighted by atomic mass is 31.2. The molecule has 0 saturated carbocycles. The molecule has 2 aliphatic rings. The molecule has 3 aromatic carbocycles. The second kappa shape index (κ2) is 9.61. The van der Waals surface area contributed by atoms with Gasteiger partial charge in [0.1, 0.15) is 0 Å². The third kappa shape index (κ3) is 4.81. The van der Waals surface area contributed by atoms with E-state index in [0.717, 1.165) is 41.3 Å². The van der Waals surface area contributed by atoms with Gasteiger partial charge in [-0.3, -0.25) is 14.2 Å². The van der Waals surface area contributed by atoms with Crippen molar-refractivity contribution in [1.82, 2.24) is 10.2 Å². The van der Waals surface area contributed by atoms with Gasteiger partial charge in [0.05, 0.1) is 12.5 Å². The summed E-state index contributed by atoms with van der Waals surface area (Å²) in [4.78, 5) is 34.7. The number of carbonyl (C=O) groups is 1. The standard InChI is InChI=1S/C26H29N2O5P/c29-26(27-16-18-7-2-1-3-8-18)24-22(17-33-34(30,31)32)23-11-6-14-28(23)25(24)21-13-12-19-9-4-5-10-20(19)15-21/h1-5,7-10,12-13,15,22-25H,6,11,14,16-17H2,(H,27,29)(H2,30,31,32)/t22-,23-,24-,25-/m1/s1. The molecule has 0 spiro atoms. The third-order valence-electron chi connectivity index (χ3n) is 7.16. The van der Waals surface area contributed by atoms with Crippen molar-refractivity contribution < 1.29 is 23.7 Å². The molecule has 34 heavy (non-hydrogen) atoms. The number of rotatable bonds is 7. The molecular formula is C26H29N2O5P. The zero-order chi connectivity index (χ0) is 23.7. The van der Waals surface area contributed by atoms with Crippen LogP contribution in [0.2, 0.25) is 0 Å². The Labute approximate surface area is 199 Å². The molecule has 4 atom stereocenters. The van der Waals surface area contributed by atoms with E-state index >= 15 is 0 Å². The van der Waals surface area contributed by atoms with Crippen LogP contribution in [0.3, 0.4) is 0 Å². The fourth-order valence-electron chi connectivity index (χ4n) is 5.73. The van der Waals surface area contributed by atoms with E-state index in [1.165, 1.54) is 0 Å². The first-order chi connectivity index (χ1) is 16.4. The monoisotopic (exact) mass is 480 g/mol. The maximum absolute atomic E-state index is 13.6. The van der Waals surface area contributed by atoms with Crippen molar-refractivity contribution in [1.29, 1.82) is 0 Å². The molecule has 3 aromatic rings. The Bertz CT molecular complexity index is 1210. The first kappa shape index (κ1) is 23.2. The van der Waals surface area contributed by atoms with Gasteiger partial charge in [0.25, 0.3) is 0 Å². The van der Waals surface area contributed by atoms with Crippen LogP contribution in [0.5, 0.6) is 0 Å². The highest BCUT2D eigenvalue weighted by Gasteiger charge is 2.54. The molecule has 0 aliphatic carbocycles. The van der Waals surface area contributed by atoms with Crippen molar-refractivity contribution in [2.45, 2.75) is 31.5 Å². The molecule has 0 aromatic heterocycles. The van der Waals surface area contributed by atoms with Crippen molar-refractivity contribution in [2.24, 2.45) is 11.8 Å². The molecule has 1 amide bonds. The van der Waals surface area contributed by atoms with E-state index in [-0.39, 0.29) is 30.5 Å². The van der Waals surface area contributed by atoms with Gasteiger partial charge in [-0.25, -0.2) is 4.57 Å². The van der Waals surface area contributed by atoms with E-state index in [9.17, 15) is 19.1 Å². The Morgan fingerprint density at radius 2 is 1.76 bits per heavy atom. The number of nitrogens with zero attached hydrogens (tertiary/aromatic N) is 1. The molecule has 0 unspecified atom stereocenters. The van der Waals surface area contributed by atoms with Crippen LogP contribution in [0.1, 0.15) is 30.0 Å². The molecular weight excluding hydrogens is 451 g/mol. The first-order valence-corrected chi connectivity index (χ1v) is 13.2. The van der Waals surface area contributed by atoms with Crippen LogP contribution in [0.25, 0.3) is 10.8 Å². The summed E-state index contributed by atoms with van der Waals surface area (Å²) in [6, 6.07) is 24.0. The molecule has 0 bridgehead atoms. The number of phosphoric ester groups is 1. The first-order valence-electron chi connectivity index (χ1n) is 11.7. The van der Waals surface area contributed by atoms with Gasteiger partial charge in [0, 0.05) is 24.5 Å². The zero-order valence-electron chi connectivity index (χ0n) is 18.8. The molecule has 3 N–H and O–H groups in total. The van der Waals surface area contributed by atoms with Gasteiger partial charge < -0.3 is 15.1 Å². The van der Waals surface area contributed by atoms with Crippen LogP contribution in [-0.2, 0) is 20.4 Å². The number of hydrogen-bond acceptors (Lipinski definition) is 4. The minimum Gasteiger partial charge on any atom is -0.352 e. The summed E-state index contributed by atoms with van der Waals surface area (Å²) in [7, 11) is -4.65. The lowest BCUT2D eigenvalue weighted by Gasteiger charge is -2.28. The van der Waals surface area contributed by atoms with E-state index < -0.39 is 13.7 Å². The van der Waals surface area contributed by atoms with E-state index in [0.29, 0.717) is 6.54 Å². The second-order valence-electron chi connectivity index (χ2n) is 9.18. The molecule has 7 nitrogen and oxygen atoms in total. The zero-order valence-corrected chi connectivity index (χ0v) is 19.7. The fraction of sp³-hybridized carbons (Fsp3) is 0.346. The van der Waals surface area contributed by atoms with Gasteiger partial charge in [0.15, 0.2) is 0 Å². The molecule has 2 aliphatic heterocycles. The maximum Gasteiger partial charge on any atom is 0.469 e. The summed E-state index contributed by atoms with van der Waals surface area (Å²) < 4.78 is 16.5. The number of hydrogen-bond donors (Lipinski definition) is 3. The van der Waals surface area contributed by atoms with Gasteiger partial charge in [-0.2, -0.15) is 0 Å². The summed E-state index contributed by atoms with van der Waals surface area (Å²) >= 11 is 0. The number of amides is 1. The number of phosphoric acid groups is 1. The minimum absolute atomic E-state index is 0.0375.